The van der Waals surface area contributed by atoms with Crippen LogP contribution in [0.2, 0.25) is 0 Å². The first-order valence-corrected chi connectivity index (χ1v) is 6.05. The summed E-state index contributed by atoms with van der Waals surface area (Å²) < 4.78 is 0. The summed E-state index contributed by atoms with van der Waals surface area (Å²) in [5, 5.41) is 12.3. The van der Waals surface area contributed by atoms with Crippen molar-refractivity contribution in [2.24, 2.45) is 5.41 Å². The molecule has 1 saturated carbocycles. The smallest absolute Gasteiger partial charge is 0.335 e. The second-order valence-corrected chi connectivity index (χ2v) is 5.46. The third-order valence-electron chi connectivity index (χ3n) is 3.77. The molecule has 2 N–H and O–H groups in total. The van der Waals surface area contributed by atoms with E-state index in [-0.39, 0.29) is 0 Å². The number of carboxylic acid groups (broad SMARTS) is 1. The van der Waals surface area contributed by atoms with E-state index in [0.717, 1.165) is 12.1 Å². The lowest BCUT2D eigenvalue weighted by Crippen LogP contribution is -2.49. The van der Waals surface area contributed by atoms with Gasteiger partial charge in [-0.3, -0.25) is 0 Å². The zero-order chi connectivity index (χ0) is 12.5. The van der Waals surface area contributed by atoms with Crippen molar-refractivity contribution in [3.8, 4) is 0 Å². The molecule has 1 atom stereocenters. The molecule has 0 saturated heterocycles. The molecule has 0 radical (unpaired) electrons. The van der Waals surface area contributed by atoms with Crippen LogP contribution in [0.3, 0.4) is 0 Å². The molecule has 1 aromatic carbocycles. The van der Waals surface area contributed by atoms with E-state index in [0.29, 0.717) is 17.0 Å². The third-order valence-corrected chi connectivity index (χ3v) is 3.77. The Morgan fingerprint density at radius 2 is 2.06 bits per heavy atom. The molecule has 1 fully saturated rings. The number of rotatable bonds is 4. The Labute approximate surface area is 102 Å². The van der Waals surface area contributed by atoms with Crippen LogP contribution in [0.15, 0.2) is 24.3 Å². The van der Waals surface area contributed by atoms with Crippen LogP contribution in [-0.4, -0.2) is 17.1 Å². The average molecular weight is 233 g/mol. The SMILES string of the molecule is CC1(C)CCC1NCc1ccc(C(=O)O)cc1. The van der Waals surface area contributed by atoms with Gasteiger partial charge in [0.05, 0.1) is 5.56 Å². The molecule has 1 aliphatic rings. The van der Waals surface area contributed by atoms with E-state index in [1.54, 1.807) is 12.1 Å². The highest BCUT2D eigenvalue weighted by Crippen LogP contribution is 2.39. The van der Waals surface area contributed by atoms with Crippen molar-refractivity contribution in [1.82, 2.24) is 5.32 Å². The maximum Gasteiger partial charge on any atom is 0.335 e. The summed E-state index contributed by atoms with van der Waals surface area (Å²) in [6.07, 6.45) is 2.52. The molecule has 0 heterocycles. The van der Waals surface area contributed by atoms with Gasteiger partial charge in [0, 0.05) is 12.6 Å². The Kier molecular flexibility index (Phi) is 3.20. The van der Waals surface area contributed by atoms with Crippen LogP contribution >= 0.6 is 0 Å². The summed E-state index contributed by atoms with van der Waals surface area (Å²) in [4.78, 5) is 10.7. The summed E-state index contributed by atoms with van der Waals surface area (Å²) >= 11 is 0. The van der Waals surface area contributed by atoms with E-state index in [1.807, 2.05) is 12.1 Å². The van der Waals surface area contributed by atoms with Gasteiger partial charge in [-0.15, -0.1) is 0 Å². The summed E-state index contributed by atoms with van der Waals surface area (Å²) in [6, 6.07) is 7.66. The molecular weight excluding hydrogens is 214 g/mol. The highest BCUT2D eigenvalue weighted by atomic mass is 16.4. The van der Waals surface area contributed by atoms with Gasteiger partial charge in [-0.25, -0.2) is 4.79 Å². The largest absolute Gasteiger partial charge is 0.478 e. The normalized spacial score (nSPS) is 21.9. The van der Waals surface area contributed by atoms with Crippen molar-refractivity contribution >= 4 is 5.97 Å². The summed E-state index contributed by atoms with van der Waals surface area (Å²) in [6.45, 7) is 5.37. The molecule has 3 heteroatoms. The van der Waals surface area contributed by atoms with Crippen LogP contribution in [0, 0.1) is 5.41 Å². The predicted molar refractivity (Wildman–Crippen MR) is 67.0 cm³/mol. The molecule has 0 amide bonds. The van der Waals surface area contributed by atoms with Crippen molar-refractivity contribution < 1.29 is 9.90 Å². The monoisotopic (exact) mass is 233 g/mol. The van der Waals surface area contributed by atoms with Crippen LogP contribution in [0.4, 0.5) is 0 Å². The van der Waals surface area contributed by atoms with Gasteiger partial charge in [-0.1, -0.05) is 26.0 Å². The fourth-order valence-electron chi connectivity index (χ4n) is 2.25. The molecule has 2 rings (SSSR count). The van der Waals surface area contributed by atoms with Gasteiger partial charge in [0.2, 0.25) is 0 Å². The predicted octanol–water partition coefficient (Wildman–Crippen LogP) is 2.66. The maximum atomic E-state index is 10.7. The number of benzene rings is 1. The van der Waals surface area contributed by atoms with Crippen LogP contribution < -0.4 is 5.32 Å². The van der Waals surface area contributed by atoms with Gasteiger partial charge >= 0.3 is 5.97 Å². The minimum atomic E-state index is -0.871. The zero-order valence-corrected chi connectivity index (χ0v) is 10.4. The second-order valence-electron chi connectivity index (χ2n) is 5.46. The molecule has 0 spiro atoms. The lowest BCUT2D eigenvalue weighted by atomic mass is 9.67. The van der Waals surface area contributed by atoms with E-state index in [1.165, 1.54) is 12.8 Å². The maximum absolute atomic E-state index is 10.7. The van der Waals surface area contributed by atoms with Crippen molar-refractivity contribution in [3.63, 3.8) is 0 Å². The topological polar surface area (TPSA) is 49.3 Å². The Morgan fingerprint density at radius 1 is 1.41 bits per heavy atom. The Morgan fingerprint density at radius 3 is 2.47 bits per heavy atom. The minimum Gasteiger partial charge on any atom is -0.478 e. The Hall–Kier alpha value is -1.35. The molecular formula is C14H19NO2. The van der Waals surface area contributed by atoms with Gasteiger partial charge in [0.1, 0.15) is 0 Å². The lowest BCUT2D eigenvalue weighted by Gasteiger charge is -2.45. The highest BCUT2D eigenvalue weighted by molar-refractivity contribution is 5.87. The van der Waals surface area contributed by atoms with Gasteiger partial charge in [-0.05, 0) is 36.0 Å². The van der Waals surface area contributed by atoms with Crippen molar-refractivity contribution in [1.29, 1.82) is 0 Å². The first-order chi connectivity index (χ1) is 7.99. The van der Waals surface area contributed by atoms with Crippen LogP contribution in [0.5, 0.6) is 0 Å². The van der Waals surface area contributed by atoms with Gasteiger partial charge in [0.15, 0.2) is 0 Å². The van der Waals surface area contributed by atoms with E-state index in [9.17, 15) is 4.79 Å². The fraction of sp³-hybridized carbons (Fsp3) is 0.500. The Balaban J connectivity index is 1.89. The summed E-state index contributed by atoms with van der Waals surface area (Å²) in [5.74, 6) is -0.871. The van der Waals surface area contributed by atoms with E-state index < -0.39 is 5.97 Å². The summed E-state index contributed by atoms with van der Waals surface area (Å²) in [5.41, 5.74) is 1.89. The molecule has 1 aromatic rings. The molecule has 0 aliphatic heterocycles. The Bertz CT molecular complexity index is 409. The number of carboxylic acids is 1. The van der Waals surface area contributed by atoms with E-state index in [4.69, 9.17) is 5.11 Å². The standard InChI is InChI=1S/C14H19NO2/c1-14(2)8-7-12(14)15-9-10-3-5-11(6-4-10)13(16)17/h3-6,12,15H,7-9H2,1-2H3,(H,16,17). The van der Waals surface area contributed by atoms with Gasteiger partial charge in [-0.2, -0.15) is 0 Å². The van der Waals surface area contributed by atoms with Gasteiger partial charge < -0.3 is 10.4 Å². The average Bonchev–Trinajstić information content (AvgIpc) is 2.28. The quantitative estimate of drug-likeness (QED) is 0.840. The second kappa shape index (κ2) is 4.49. The highest BCUT2D eigenvalue weighted by Gasteiger charge is 2.37. The molecule has 1 unspecified atom stereocenters. The number of aromatic carboxylic acids is 1. The fourth-order valence-corrected chi connectivity index (χ4v) is 2.25. The lowest BCUT2D eigenvalue weighted by molar-refractivity contribution is 0.0697. The van der Waals surface area contributed by atoms with Crippen LogP contribution in [-0.2, 0) is 6.54 Å². The van der Waals surface area contributed by atoms with Crippen molar-refractivity contribution in [2.75, 3.05) is 0 Å². The third kappa shape index (κ3) is 2.67. The molecule has 0 bridgehead atoms. The van der Waals surface area contributed by atoms with Crippen LogP contribution in [0.1, 0.15) is 42.6 Å². The molecule has 17 heavy (non-hydrogen) atoms. The molecule has 3 nitrogen and oxygen atoms in total. The minimum absolute atomic E-state index is 0.345. The molecule has 0 aromatic heterocycles. The van der Waals surface area contributed by atoms with Gasteiger partial charge in [0.25, 0.3) is 0 Å². The van der Waals surface area contributed by atoms with Crippen LogP contribution in [0.25, 0.3) is 0 Å². The number of carbonyl (C=O) groups is 1. The first-order valence-electron chi connectivity index (χ1n) is 6.05. The van der Waals surface area contributed by atoms with Crippen molar-refractivity contribution in [2.45, 2.75) is 39.3 Å². The zero-order valence-electron chi connectivity index (χ0n) is 10.4. The number of hydrogen-bond acceptors (Lipinski definition) is 2. The number of hydrogen-bond donors (Lipinski definition) is 2. The molecule has 1 aliphatic carbocycles. The number of nitrogens with one attached hydrogen (secondary N) is 1. The first kappa shape index (κ1) is 12.1. The van der Waals surface area contributed by atoms with Crippen molar-refractivity contribution in [3.05, 3.63) is 35.4 Å². The summed E-state index contributed by atoms with van der Waals surface area (Å²) in [7, 11) is 0. The van der Waals surface area contributed by atoms with E-state index >= 15 is 0 Å². The molecule has 92 valence electrons. The van der Waals surface area contributed by atoms with E-state index in [2.05, 4.69) is 19.2 Å².